The number of nitrogens with zero attached hydrogens (tertiary/aromatic N) is 1. The Balaban J connectivity index is 1.47. The number of hydrogen-bond donors (Lipinski definition) is 2. The summed E-state index contributed by atoms with van der Waals surface area (Å²) in [6.45, 7) is 1.74. The Kier molecular flexibility index (Phi) is 6.96. The lowest BCUT2D eigenvalue weighted by atomic mass is 9.98. The average molecular weight is 440 g/mol. The molecule has 2 N–H and O–H groups in total. The molecular formula is C24H26ClN3O3. The summed E-state index contributed by atoms with van der Waals surface area (Å²) < 4.78 is 12.0. The van der Waals surface area contributed by atoms with E-state index in [2.05, 4.69) is 28.8 Å². The van der Waals surface area contributed by atoms with E-state index >= 15 is 0 Å². The van der Waals surface area contributed by atoms with Gasteiger partial charge in [0.05, 0.1) is 16.7 Å². The van der Waals surface area contributed by atoms with Gasteiger partial charge in [-0.3, -0.25) is 0 Å². The third-order valence-corrected chi connectivity index (χ3v) is 6.23. The minimum absolute atomic E-state index is 0.0833. The standard InChI is InChI=1S/C24H26ClN3O3/c25-20-11-16(14-26)8-9-21(20)30-22-12-18(17-5-2-1-3-6-17)13-23(22)31-24(29)28-19-7-4-10-27-15-19/h1-3,5-6,8-9,11,18-19,22-23,27H,4,7,10,12-13,15H2,(H,28,29). The molecule has 31 heavy (non-hydrogen) atoms. The fourth-order valence-electron chi connectivity index (χ4n) is 4.35. The van der Waals surface area contributed by atoms with Crippen molar-refractivity contribution in [3.8, 4) is 11.8 Å². The summed E-state index contributed by atoms with van der Waals surface area (Å²) in [6, 6.07) is 17.3. The van der Waals surface area contributed by atoms with Crippen molar-refractivity contribution in [2.24, 2.45) is 0 Å². The van der Waals surface area contributed by atoms with Gasteiger partial charge < -0.3 is 20.1 Å². The molecule has 4 unspecified atom stereocenters. The minimum Gasteiger partial charge on any atom is -0.485 e. The van der Waals surface area contributed by atoms with Crippen LogP contribution in [0.1, 0.15) is 42.7 Å². The maximum absolute atomic E-state index is 12.6. The first-order chi connectivity index (χ1) is 15.1. The van der Waals surface area contributed by atoms with Gasteiger partial charge in [-0.25, -0.2) is 4.79 Å². The molecule has 1 aliphatic heterocycles. The number of ether oxygens (including phenoxy) is 2. The van der Waals surface area contributed by atoms with Crippen LogP contribution >= 0.6 is 11.6 Å². The maximum Gasteiger partial charge on any atom is 0.407 e. The predicted molar refractivity (Wildman–Crippen MR) is 118 cm³/mol. The summed E-state index contributed by atoms with van der Waals surface area (Å²) in [4.78, 5) is 12.6. The molecule has 7 heteroatoms. The number of carbonyl (C=O) groups excluding carboxylic acids is 1. The van der Waals surface area contributed by atoms with Crippen molar-refractivity contribution < 1.29 is 14.3 Å². The van der Waals surface area contributed by atoms with Crippen molar-refractivity contribution in [2.45, 2.75) is 49.9 Å². The predicted octanol–water partition coefficient (Wildman–Crippen LogP) is 4.38. The van der Waals surface area contributed by atoms with Gasteiger partial charge in [-0.15, -0.1) is 0 Å². The SMILES string of the molecule is N#Cc1ccc(OC2CC(c3ccccc3)CC2OC(=O)NC2CCCNC2)c(Cl)c1. The van der Waals surface area contributed by atoms with Crippen molar-refractivity contribution in [1.29, 1.82) is 5.26 Å². The highest BCUT2D eigenvalue weighted by atomic mass is 35.5. The highest BCUT2D eigenvalue weighted by Gasteiger charge is 2.40. The Morgan fingerprint density at radius 1 is 1.16 bits per heavy atom. The number of carbonyl (C=O) groups is 1. The van der Waals surface area contributed by atoms with Gasteiger partial charge in [-0.1, -0.05) is 41.9 Å². The molecule has 2 fully saturated rings. The van der Waals surface area contributed by atoms with Gasteiger partial charge in [-0.2, -0.15) is 5.26 Å². The summed E-state index contributed by atoms with van der Waals surface area (Å²) >= 11 is 6.32. The van der Waals surface area contributed by atoms with Crippen molar-refractivity contribution in [3.05, 3.63) is 64.7 Å². The van der Waals surface area contributed by atoms with Crippen LogP contribution in [0.3, 0.4) is 0 Å². The van der Waals surface area contributed by atoms with Crippen LogP contribution < -0.4 is 15.4 Å². The maximum atomic E-state index is 12.6. The normalized spacial score (nSPS) is 25.4. The third-order valence-electron chi connectivity index (χ3n) is 5.94. The Morgan fingerprint density at radius 3 is 2.68 bits per heavy atom. The fraction of sp³-hybridized carbons (Fsp3) is 0.417. The monoisotopic (exact) mass is 439 g/mol. The van der Waals surface area contributed by atoms with Crippen LogP contribution in [0, 0.1) is 11.3 Å². The number of halogens is 1. The first kappa shape index (κ1) is 21.5. The lowest BCUT2D eigenvalue weighted by Crippen LogP contribution is -2.47. The zero-order chi connectivity index (χ0) is 21.6. The van der Waals surface area contributed by atoms with Crippen LogP contribution in [0.25, 0.3) is 0 Å². The molecule has 1 saturated carbocycles. The average Bonchev–Trinajstić information content (AvgIpc) is 3.18. The molecule has 4 rings (SSSR count). The summed E-state index contributed by atoms with van der Waals surface area (Å²) in [5, 5.41) is 15.7. The number of nitrogens with one attached hydrogen (secondary N) is 2. The molecule has 6 nitrogen and oxygen atoms in total. The van der Waals surface area contributed by atoms with E-state index in [-0.39, 0.29) is 18.1 Å². The molecule has 0 bridgehead atoms. The molecule has 0 spiro atoms. The van der Waals surface area contributed by atoms with Crippen molar-refractivity contribution >= 4 is 17.7 Å². The van der Waals surface area contributed by atoms with Gasteiger partial charge in [0.1, 0.15) is 18.0 Å². The van der Waals surface area contributed by atoms with E-state index in [1.54, 1.807) is 18.2 Å². The molecule has 0 radical (unpaired) electrons. The number of hydrogen-bond acceptors (Lipinski definition) is 5. The fourth-order valence-corrected chi connectivity index (χ4v) is 4.57. The molecule has 1 aliphatic carbocycles. The van der Waals surface area contributed by atoms with Gasteiger partial charge >= 0.3 is 6.09 Å². The number of alkyl carbamates (subject to hydrolysis) is 1. The molecule has 2 aliphatic rings. The van der Waals surface area contributed by atoms with Crippen molar-refractivity contribution in [1.82, 2.24) is 10.6 Å². The lowest BCUT2D eigenvalue weighted by Gasteiger charge is -2.26. The molecule has 0 aromatic heterocycles. The smallest absolute Gasteiger partial charge is 0.407 e. The van der Waals surface area contributed by atoms with Gasteiger partial charge in [-0.05, 0) is 61.9 Å². The lowest BCUT2D eigenvalue weighted by molar-refractivity contribution is 0.0327. The van der Waals surface area contributed by atoms with Gasteiger partial charge in [0.2, 0.25) is 0 Å². The topological polar surface area (TPSA) is 83.4 Å². The first-order valence-corrected chi connectivity index (χ1v) is 11.1. The Bertz CT molecular complexity index is 941. The van der Waals surface area contributed by atoms with Crippen molar-refractivity contribution in [2.75, 3.05) is 13.1 Å². The Morgan fingerprint density at radius 2 is 1.97 bits per heavy atom. The minimum atomic E-state index is -0.410. The molecule has 1 amide bonds. The molecule has 1 saturated heterocycles. The van der Waals surface area contributed by atoms with Crippen LogP contribution in [0.15, 0.2) is 48.5 Å². The summed E-state index contributed by atoms with van der Waals surface area (Å²) in [5.41, 5.74) is 1.67. The van der Waals surface area contributed by atoms with E-state index in [9.17, 15) is 4.79 Å². The first-order valence-electron chi connectivity index (χ1n) is 10.7. The Labute approximate surface area is 187 Å². The quantitative estimate of drug-likeness (QED) is 0.722. The largest absolute Gasteiger partial charge is 0.485 e. The van der Waals surface area contributed by atoms with E-state index in [4.69, 9.17) is 26.3 Å². The zero-order valence-corrected chi connectivity index (χ0v) is 18.0. The van der Waals surface area contributed by atoms with Crippen molar-refractivity contribution in [3.63, 3.8) is 0 Å². The third kappa shape index (κ3) is 5.49. The summed E-state index contributed by atoms with van der Waals surface area (Å²) in [5.74, 6) is 0.711. The highest BCUT2D eigenvalue weighted by Crippen LogP contribution is 2.39. The van der Waals surface area contributed by atoms with E-state index in [1.165, 1.54) is 5.56 Å². The number of rotatable bonds is 5. The van der Waals surface area contributed by atoms with Crippen LogP contribution in [0.4, 0.5) is 4.79 Å². The molecule has 2 aromatic rings. The van der Waals surface area contributed by atoms with Crippen LogP contribution in [-0.2, 0) is 4.74 Å². The molecule has 2 aromatic carbocycles. The molecule has 162 valence electrons. The molecule has 4 atom stereocenters. The van der Waals surface area contributed by atoms with E-state index in [0.717, 1.165) is 25.9 Å². The summed E-state index contributed by atoms with van der Waals surface area (Å²) in [7, 11) is 0. The second kappa shape index (κ2) is 10.0. The van der Waals surface area contributed by atoms with Gasteiger partial charge in [0.15, 0.2) is 0 Å². The Hall–Kier alpha value is -2.75. The van der Waals surface area contributed by atoms with E-state index in [1.807, 2.05) is 18.2 Å². The molecule has 1 heterocycles. The number of amides is 1. The van der Waals surface area contributed by atoms with E-state index < -0.39 is 12.2 Å². The van der Waals surface area contributed by atoms with E-state index in [0.29, 0.717) is 29.2 Å². The summed E-state index contributed by atoms with van der Waals surface area (Å²) in [6.07, 6.45) is 2.24. The zero-order valence-electron chi connectivity index (χ0n) is 17.2. The molecular weight excluding hydrogens is 414 g/mol. The van der Waals surface area contributed by atoms with Gasteiger partial charge in [0.25, 0.3) is 0 Å². The van der Waals surface area contributed by atoms with Crippen LogP contribution in [0.5, 0.6) is 5.75 Å². The second-order valence-corrected chi connectivity index (χ2v) is 8.53. The number of piperidine rings is 1. The second-order valence-electron chi connectivity index (χ2n) is 8.12. The number of benzene rings is 2. The van der Waals surface area contributed by atoms with Crippen LogP contribution in [-0.4, -0.2) is 37.4 Å². The number of nitriles is 1. The van der Waals surface area contributed by atoms with Crippen LogP contribution in [0.2, 0.25) is 5.02 Å². The van der Waals surface area contributed by atoms with Gasteiger partial charge in [0, 0.05) is 12.6 Å². The highest BCUT2D eigenvalue weighted by molar-refractivity contribution is 6.32.